The number of likely N-dealkylation sites (tertiary alicyclic amines) is 2. The minimum absolute atomic E-state index is 0.167. The van der Waals surface area contributed by atoms with Gasteiger partial charge in [-0.2, -0.15) is 0 Å². The summed E-state index contributed by atoms with van der Waals surface area (Å²) < 4.78 is 1.78. The predicted molar refractivity (Wildman–Crippen MR) is 104 cm³/mol. The lowest BCUT2D eigenvalue weighted by molar-refractivity contribution is -0.148. The molecule has 2 atom stereocenters. The molecule has 1 aromatic carbocycles. The number of benzene rings is 1. The van der Waals surface area contributed by atoms with E-state index < -0.39 is 17.5 Å². The van der Waals surface area contributed by atoms with Gasteiger partial charge < -0.3 is 15.5 Å². The molecule has 140 valence electrons. The van der Waals surface area contributed by atoms with Gasteiger partial charge in [-0.05, 0) is 49.4 Å². The third-order valence-corrected chi connectivity index (χ3v) is 6.26. The second-order valence-electron chi connectivity index (χ2n) is 6.94. The van der Waals surface area contributed by atoms with Crippen LogP contribution in [0.4, 0.5) is 0 Å². The van der Waals surface area contributed by atoms with E-state index in [2.05, 4.69) is 31.9 Å². The smallest absolute Gasteiger partial charge is 0.246 e. The van der Waals surface area contributed by atoms with Gasteiger partial charge in [0.15, 0.2) is 0 Å². The molecular weight excluding hydrogens is 466 g/mol. The van der Waals surface area contributed by atoms with Gasteiger partial charge in [-0.1, -0.05) is 31.9 Å². The molecule has 2 unspecified atom stereocenters. The van der Waals surface area contributed by atoms with Crippen LogP contribution in [0, 0.1) is 0 Å². The Kier molecular flexibility index (Phi) is 5.72. The third kappa shape index (κ3) is 3.53. The fourth-order valence-electron chi connectivity index (χ4n) is 4.14. The molecule has 3 amide bonds. The normalized spacial score (nSPS) is 25.5. The lowest BCUT2D eigenvalue weighted by Crippen LogP contribution is -2.60. The second kappa shape index (κ2) is 7.68. The first-order valence-electron chi connectivity index (χ1n) is 8.65. The number of hydrogen-bond acceptors (Lipinski definition) is 3. The quantitative estimate of drug-likeness (QED) is 0.647. The van der Waals surface area contributed by atoms with Crippen LogP contribution in [0.1, 0.15) is 31.2 Å². The van der Waals surface area contributed by atoms with E-state index in [0.717, 1.165) is 33.8 Å². The van der Waals surface area contributed by atoms with Crippen LogP contribution in [0.25, 0.3) is 0 Å². The fraction of sp³-hybridized carbons (Fsp3) is 0.500. The van der Waals surface area contributed by atoms with Crippen LogP contribution >= 0.6 is 31.9 Å². The first kappa shape index (κ1) is 19.4. The van der Waals surface area contributed by atoms with Crippen LogP contribution in [0.3, 0.4) is 0 Å². The average molecular weight is 487 g/mol. The van der Waals surface area contributed by atoms with E-state index in [1.54, 1.807) is 4.90 Å². The second-order valence-corrected chi connectivity index (χ2v) is 8.78. The van der Waals surface area contributed by atoms with E-state index in [-0.39, 0.29) is 5.91 Å². The van der Waals surface area contributed by atoms with E-state index in [9.17, 15) is 14.4 Å². The van der Waals surface area contributed by atoms with E-state index in [1.165, 1.54) is 4.90 Å². The van der Waals surface area contributed by atoms with Gasteiger partial charge in [0.05, 0.1) is 0 Å². The van der Waals surface area contributed by atoms with Crippen LogP contribution < -0.4 is 5.73 Å². The van der Waals surface area contributed by atoms with Crippen LogP contribution in [-0.2, 0) is 20.8 Å². The maximum atomic E-state index is 13.2. The van der Waals surface area contributed by atoms with E-state index >= 15 is 0 Å². The Morgan fingerprint density at radius 3 is 2.50 bits per heavy atom. The largest absolute Gasteiger partial charge is 0.368 e. The highest BCUT2D eigenvalue weighted by atomic mass is 79.9. The van der Waals surface area contributed by atoms with E-state index in [0.29, 0.717) is 32.4 Å². The van der Waals surface area contributed by atoms with Gasteiger partial charge in [0.25, 0.3) is 0 Å². The number of carbonyl (C=O) groups is 3. The molecule has 2 aliphatic rings. The maximum Gasteiger partial charge on any atom is 0.246 e. The number of amides is 3. The van der Waals surface area contributed by atoms with Gasteiger partial charge in [-0.15, -0.1) is 0 Å². The zero-order valence-corrected chi connectivity index (χ0v) is 17.5. The molecule has 0 spiro atoms. The minimum atomic E-state index is -1.05. The van der Waals surface area contributed by atoms with Crippen LogP contribution in [0.2, 0.25) is 0 Å². The minimum Gasteiger partial charge on any atom is -0.368 e. The van der Waals surface area contributed by atoms with Crippen molar-refractivity contribution in [2.24, 2.45) is 5.73 Å². The van der Waals surface area contributed by atoms with Crippen molar-refractivity contribution in [2.75, 3.05) is 13.1 Å². The number of hydrogen-bond donors (Lipinski definition) is 1. The highest BCUT2D eigenvalue weighted by molar-refractivity contribution is 9.11. The first-order chi connectivity index (χ1) is 12.4. The van der Waals surface area contributed by atoms with Gasteiger partial charge in [-0.25, -0.2) is 0 Å². The molecule has 26 heavy (non-hydrogen) atoms. The Bertz CT molecular complexity index is 722. The van der Waals surface area contributed by atoms with Gasteiger partial charge in [0.2, 0.25) is 18.2 Å². The summed E-state index contributed by atoms with van der Waals surface area (Å²) in [5.74, 6) is -0.657. The molecule has 2 fully saturated rings. The third-order valence-electron chi connectivity index (χ3n) is 5.35. The van der Waals surface area contributed by atoms with E-state index in [4.69, 9.17) is 5.73 Å². The first-order valence-corrected chi connectivity index (χ1v) is 10.2. The van der Waals surface area contributed by atoms with Crippen molar-refractivity contribution in [3.8, 4) is 0 Å². The Labute approximate surface area is 169 Å². The van der Waals surface area contributed by atoms with Crippen LogP contribution in [0.5, 0.6) is 0 Å². The molecule has 6 nitrogen and oxygen atoms in total. The summed E-state index contributed by atoms with van der Waals surface area (Å²) in [4.78, 5) is 40.1. The average Bonchev–Trinajstić information content (AvgIpc) is 3.20. The molecule has 2 aliphatic heterocycles. The lowest BCUT2D eigenvalue weighted by atomic mass is 9.87. The summed E-state index contributed by atoms with van der Waals surface area (Å²) in [6.07, 6.45) is 3.77. The molecule has 3 rings (SSSR count). The number of nitrogens with zero attached hydrogens (tertiary/aromatic N) is 2. The molecule has 2 saturated heterocycles. The predicted octanol–water partition coefficient (Wildman–Crippen LogP) is 2.22. The monoisotopic (exact) mass is 485 g/mol. The standard InChI is InChI=1S/C18H21Br2N3O3/c19-13-7-12(8-14(20)9-13)10-18(17(21)26)4-2-6-23(18)16(25)15-3-1-5-22(15)11-24/h7-9,11,15H,1-6,10H2,(H2,21,26). The SMILES string of the molecule is NC(=O)C1(Cc2cc(Br)cc(Br)c2)CCCN1C(=O)C1CCCN1C=O. The molecule has 1 aromatic rings. The van der Waals surface area contributed by atoms with Crippen molar-refractivity contribution in [2.45, 2.75) is 43.7 Å². The fourth-order valence-corrected chi connectivity index (χ4v) is 5.53. The molecule has 0 aromatic heterocycles. The zero-order chi connectivity index (χ0) is 18.9. The number of nitrogens with two attached hydrogens (primary N) is 1. The van der Waals surface area contributed by atoms with Crippen molar-refractivity contribution >= 4 is 50.1 Å². The Hall–Kier alpha value is -1.41. The van der Waals surface area contributed by atoms with Gasteiger partial charge in [0, 0.05) is 28.5 Å². The molecule has 0 bridgehead atoms. The van der Waals surface area contributed by atoms with Crippen LogP contribution in [-0.4, -0.2) is 52.7 Å². The molecule has 0 aliphatic carbocycles. The maximum absolute atomic E-state index is 13.2. The van der Waals surface area contributed by atoms with Crippen molar-refractivity contribution in [3.05, 3.63) is 32.7 Å². The number of halogens is 2. The zero-order valence-electron chi connectivity index (χ0n) is 14.3. The van der Waals surface area contributed by atoms with Crippen molar-refractivity contribution in [1.82, 2.24) is 9.80 Å². The molecular formula is C18H21Br2N3O3. The number of carbonyl (C=O) groups excluding carboxylic acids is 3. The van der Waals surface area contributed by atoms with Gasteiger partial charge in [0.1, 0.15) is 11.6 Å². The highest BCUT2D eigenvalue weighted by Crippen LogP contribution is 2.36. The molecule has 8 heteroatoms. The van der Waals surface area contributed by atoms with Crippen molar-refractivity contribution < 1.29 is 14.4 Å². The topological polar surface area (TPSA) is 83.7 Å². The lowest BCUT2D eigenvalue weighted by Gasteiger charge is -2.38. The Morgan fingerprint density at radius 2 is 1.88 bits per heavy atom. The number of rotatable bonds is 5. The summed E-state index contributed by atoms with van der Waals surface area (Å²) in [6, 6.07) is 5.30. The summed E-state index contributed by atoms with van der Waals surface area (Å²) in [7, 11) is 0. The van der Waals surface area contributed by atoms with E-state index in [1.807, 2.05) is 18.2 Å². The summed E-state index contributed by atoms with van der Waals surface area (Å²) >= 11 is 6.92. The molecule has 0 saturated carbocycles. The number of primary amides is 1. The Morgan fingerprint density at radius 1 is 1.19 bits per heavy atom. The van der Waals surface area contributed by atoms with Crippen LogP contribution in [0.15, 0.2) is 27.1 Å². The van der Waals surface area contributed by atoms with Crippen molar-refractivity contribution in [3.63, 3.8) is 0 Å². The summed E-state index contributed by atoms with van der Waals surface area (Å²) in [6.45, 7) is 1.07. The highest BCUT2D eigenvalue weighted by Gasteiger charge is 2.50. The van der Waals surface area contributed by atoms with Crippen molar-refractivity contribution in [1.29, 1.82) is 0 Å². The molecule has 2 N–H and O–H groups in total. The molecule has 0 radical (unpaired) electrons. The molecule has 2 heterocycles. The van der Waals surface area contributed by atoms with Gasteiger partial charge >= 0.3 is 0 Å². The summed E-state index contributed by atoms with van der Waals surface area (Å²) in [5, 5.41) is 0. The van der Waals surface area contributed by atoms with Gasteiger partial charge in [-0.3, -0.25) is 14.4 Å². The summed E-state index contributed by atoms with van der Waals surface area (Å²) in [5.41, 5.74) is 5.68. The Balaban J connectivity index is 1.92.